The Kier molecular flexibility index (Phi) is 3.93. The van der Waals surface area contributed by atoms with Gasteiger partial charge in [-0.1, -0.05) is 30.0 Å². The third-order valence-corrected chi connectivity index (χ3v) is 5.53. The molecule has 23 heavy (non-hydrogen) atoms. The minimum Gasteiger partial charge on any atom is -0.326 e. The first-order chi connectivity index (χ1) is 11.3. The minimum absolute atomic E-state index is 0.0116. The zero-order valence-electron chi connectivity index (χ0n) is 12.4. The first kappa shape index (κ1) is 14.5. The molecule has 4 rings (SSSR count). The van der Waals surface area contributed by atoms with Gasteiger partial charge in [0.05, 0.1) is 12.1 Å². The fourth-order valence-corrected chi connectivity index (χ4v) is 4.20. The number of benzene rings is 1. The van der Waals surface area contributed by atoms with Crippen LogP contribution in [-0.4, -0.2) is 21.2 Å². The molecule has 0 saturated heterocycles. The smallest absolute Gasteiger partial charge is 0.229 e. The third kappa shape index (κ3) is 3.18. The maximum atomic E-state index is 12.0. The Morgan fingerprint density at radius 2 is 2.13 bits per heavy atom. The number of thioether (sulfide) groups is 1. The number of amides is 1. The molecule has 0 spiro atoms. The highest BCUT2D eigenvalue weighted by atomic mass is 32.2. The number of rotatable bonds is 4. The van der Waals surface area contributed by atoms with E-state index in [9.17, 15) is 4.79 Å². The predicted octanol–water partition coefficient (Wildman–Crippen LogP) is 3.90. The van der Waals surface area contributed by atoms with Crippen molar-refractivity contribution in [2.24, 2.45) is 0 Å². The van der Waals surface area contributed by atoms with Crippen molar-refractivity contribution >= 4 is 34.7 Å². The van der Waals surface area contributed by atoms with E-state index in [1.54, 1.807) is 23.1 Å². The van der Waals surface area contributed by atoms with Gasteiger partial charge in [-0.05, 0) is 23.6 Å². The standard InChI is InChI=1S/C17H15N3OS2/c21-16(10-14-2-1-8-22-14)18-13-5-3-12(4-6-13)15-11-20-7-9-23-17(20)19-15/h1-6,8,11H,7,9-10H2,(H,18,21). The fourth-order valence-electron chi connectivity index (χ4n) is 2.55. The second-order valence-electron chi connectivity index (χ2n) is 5.33. The summed E-state index contributed by atoms with van der Waals surface area (Å²) in [6.07, 6.45) is 2.52. The van der Waals surface area contributed by atoms with Crippen LogP contribution in [0, 0.1) is 0 Å². The van der Waals surface area contributed by atoms with Crippen LogP contribution in [0.25, 0.3) is 11.3 Å². The van der Waals surface area contributed by atoms with Crippen LogP contribution in [0.15, 0.2) is 53.1 Å². The SMILES string of the molecule is O=C(Cc1cccs1)Nc1ccc(-c2cn3c(n2)SCC3)cc1. The summed E-state index contributed by atoms with van der Waals surface area (Å²) in [7, 11) is 0. The number of carbonyl (C=O) groups is 1. The van der Waals surface area contributed by atoms with Crippen LogP contribution in [0.1, 0.15) is 4.88 Å². The molecule has 116 valence electrons. The van der Waals surface area contributed by atoms with Gasteiger partial charge in [0.2, 0.25) is 5.91 Å². The molecule has 0 unspecified atom stereocenters. The first-order valence-corrected chi connectivity index (χ1v) is 9.27. The lowest BCUT2D eigenvalue weighted by atomic mass is 10.1. The lowest BCUT2D eigenvalue weighted by Crippen LogP contribution is -2.13. The van der Waals surface area contributed by atoms with Crippen molar-refractivity contribution in [3.8, 4) is 11.3 Å². The van der Waals surface area contributed by atoms with E-state index in [0.717, 1.165) is 39.3 Å². The molecule has 3 aromatic rings. The molecular formula is C17H15N3OS2. The maximum Gasteiger partial charge on any atom is 0.229 e. The summed E-state index contributed by atoms with van der Waals surface area (Å²) in [5.41, 5.74) is 2.88. The van der Waals surface area contributed by atoms with Gasteiger partial charge in [0.1, 0.15) is 0 Å². The number of thiophene rings is 1. The minimum atomic E-state index is 0.0116. The van der Waals surface area contributed by atoms with E-state index in [2.05, 4.69) is 21.1 Å². The van der Waals surface area contributed by atoms with E-state index >= 15 is 0 Å². The molecule has 1 aromatic carbocycles. The molecule has 0 radical (unpaired) electrons. The second-order valence-corrected chi connectivity index (χ2v) is 7.43. The van der Waals surface area contributed by atoms with Gasteiger partial charge in [-0.3, -0.25) is 4.79 Å². The number of hydrogen-bond donors (Lipinski definition) is 1. The number of nitrogens with one attached hydrogen (secondary N) is 1. The van der Waals surface area contributed by atoms with Crippen LogP contribution < -0.4 is 5.32 Å². The molecule has 1 aliphatic heterocycles. The highest BCUT2D eigenvalue weighted by molar-refractivity contribution is 7.99. The quantitative estimate of drug-likeness (QED) is 0.783. The van der Waals surface area contributed by atoms with Crippen molar-refractivity contribution in [1.29, 1.82) is 0 Å². The van der Waals surface area contributed by atoms with Crippen molar-refractivity contribution in [1.82, 2.24) is 9.55 Å². The molecule has 1 N–H and O–H groups in total. The Morgan fingerprint density at radius 1 is 1.26 bits per heavy atom. The summed E-state index contributed by atoms with van der Waals surface area (Å²) in [5, 5.41) is 6.01. The molecule has 1 amide bonds. The molecule has 0 aliphatic carbocycles. The molecule has 3 heterocycles. The Labute approximate surface area is 142 Å². The lowest BCUT2D eigenvalue weighted by Gasteiger charge is -2.05. The number of imidazole rings is 1. The Balaban J connectivity index is 1.44. The Morgan fingerprint density at radius 3 is 2.87 bits per heavy atom. The molecule has 1 aliphatic rings. The van der Waals surface area contributed by atoms with Crippen molar-refractivity contribution in [2.75, 3.05) is 11.1 Å². The summed E-state index contributed by atoms with van der Waals surface area (Å²) >= 11 is 3.39. The monoisotopic (exact) mass is 341 g/mol. The van der Waals surface area contributed by atoms with Crippen molar-refractivity contribution in [3.05, 3.63) is 52.9 Å². The van der Waals surface area contributed by atoms with Crippen LogP contribution in [0.5, 0.6) is 0 Å². The topological polar surface area (TPSA) is 46.9 Å². The van der Waals surface area contributed by atoms with Gasteiger partial charge >= 0.3 is 0 Å². The number of hydrogen-bond acceptors (Lipinski definition) is 4. The van der Waals surface area contributed by atoms with Gasteiger partial charge in [-0.2, -0.15) is 0 Å². The normalized spacial score (nSPS) is 13.0. The maximum absolute atomic E-state index is 12.0. The van der Waals surface area contributed by atoms with Crippen LogP contribution in [0.2, 0.25) is 0 Å². The highest BCUT2D eigenvalue weighted by Gasteiger charge is 2.15. The zero-order chi connectivity index (χ0) is 15.6. The van der Waals surface area contributed by atoms with E-state index in [4.69, 9.17) is 0 Å². The fraction of sp³-hybridized carbons (Fsp3) is 0.176. The van der Waals surface area contributed by atoms with E-state index in [-0.39, 0.29) is 5.91 Å². The lowest BCUT2D eigenvalue weighted by molar-refractivity contribution is -0.115. The summed E-state index contributed by atoms with van der Waals surface area (Å²) in [6.45, 7) is 1.03. The van der Waals surface area contributed by atoms with E-state index in [0.29, 0.717) is 6.42 Å². The predicted molar refractivity (Wildman–Crippen MR) is 95.0 cm³/mol. The largest absolute Gasteiger partial charge is 0.326 e. The van der Waals surface area contributed by atoms with Crippen LogP contribution in [-0.2, 0) is 17.8 Å². The molecule has 0 bridgehead atoms. The van der Waals surface area contributed by atoms with Crippen molar-refractivity contribution in [2.45, 2.75) is 18.1 Å². The van der Waals surface area contributed by atoms with Crippen molar-refractivity contribution < 1.29 is 4.79 Å². The van der Waals surface area contributed by atoms with Crippen LogP contribution >= 0.6 is 23.1 Å². The summed E-state index contributed by atoms with van der Waals surface area (Å²) in [5.74, 6) is 1.12. The molecule has 0 fully saturated rings. The van der Waals surface area contributed by atoms with Gasteiger partial charge in [-0.15, -0.1) is 11.3 Å². The highest BCUT2D eigenvalue weighted by Crippen LogP contribution is 2.29. The van der Waals surface area contributed by atoms with Gasteiger partial charge in [-0.25, -0.2) is 4.98 Å². The van der Waals surface area contributed by atoms with Crippen LogP contribution in [0.3, 0.4) is 0 Å². The van der Waals surface area contributed by atoms with Crippen LogP contribution in [0.4, 0.5) is 5.69 Å². The molecule has 6 heteroatoms. The third-order valence-electron chi connectivity index (χ3n) is 3.68. The van der Waals surface area contributed by atoms with Gasteiger partial charge < -0.3 is 9.88 Å². The number of nitrogens with zero attached hydrogens (tertiary/aromatic N) is 2. The Bertz CT molecular complexity index is 801. The second kappa shape index (κ2) is 6.22. The van der Waals surface area contributed by atoms with E-state index in [1.165, 1.54) is 0 Å². The average Bonchev–Trinajstić information content (AvgIpc) is 3.24. The summed E-state index contributed by atoms with van der Waals surface area (Å²) in [4.78, 5) is 17.7. The number of aryl methyl sites for hydroxylation is 1. The number of anilines is 1. The van der Waals surface area contributed by atoms with E-state index in [1.807, 2.05) is 41.8 Å². The molecule has 4 nitrogen and oxygen atoms in total. The summed E-state index contributed by atoms with van der Waals surface area (Å²) < 4.78 is 2.19. The Hall–Kier alpha value is -2.05. The van der Waals surface area contributed by atoms with E-state index < -0.39 is 0 Å². The van der Waals surface area contributed by atoms with Crippen molar-refractivity contribution in [3.63, 3.8) is 0 Å². The average molecular weight is 341 g/mol. The molecule has 0 atom stereocenters. The van der Waals surface area contributed by atoms with Gasteiger partial charge in [0.15, 0.2) is 5.16 Å². The summed E-state index contributed by atoms with van der Waals surface area (Å²) in [6, 6.07) is 11.8. The zero-order valence-corrected chi connectivity index (χ0v) is 14.0. The van der Waals surface area contributed by atoms with Gasteiger partial charge in [0.25, 0.3) is 0 Å². The molecule has 0 saturated carbocycles. The first-order valence-electron chi connectivity index (χ1n) is 7.40. The van der Waals surface area contributed by atoms with Gasteiger partial charge in [0, 0.05) is 34.6 Å². The number of carbonyl (C=O) groups excluding carboxylic acids is 1. The molecular weight excluding hydrogens is 326 g/mol. The number of aromatic nitrogens is 2. The molecule has 2 aromatic heterocycles. The number of fused-ring (bicyclic) bond motifs is 1.